The summed E-state index contributed by atoms with van der Waals surface area (Å²) < 4.78 is 5.54. The van der Waals surface area contributed by atoms with Gasteiger partial charge in [0.15, 0.2) is 0 Å². The number of rotatable bonds is 8. The fourth-order valence-corrected chi connectivity index (χ4v) is 3.67. The van der Waals surface area contributed by atoms with E-state index < -0.39 is 0 Å². The number of para-hydroxylation sites is 1. The lowest BCUT2D eigenvalue weighted by Gasteiger charge is -2.25. The summed E-state index contributed by atoms with van der Waals surface area (Å²) in [6.07, 6.45) is 0. The molecule has 0 spiro atoms. The zero-order valence-electron chi connectivity index (χ0n) is 17.3. The first-order valence-electron chi connectivity index (χ1n) is 9.92. The monoisotopic (exact) mass is 389 g/mol. The Labute approximate surface area is 173 Å². The topological polar surface area (TPSA) is 42.8 Å². The molecule has 0 aliphatic carbocycles. The van der Waals surface area contributed by atoms with Crippen molar-refractivity contribution >= 4 is 5.91 Å². The second kappa shape index (κ2) is 9.89. The molecule has 3 aromatic carbocycles. The summed E-state index contributed by atoms with van der Waals surface area (Å²) in [6.45, 7) is 0.526. The molecule has 150 valence electrons. The summed E-state index contributed by atoms with van der Waals surface area (Å²) in [5.74, 6) is 0.507. The Morgan fingerprint density at radius 3 is 1.90 bits per heavy atom. The van der Waals surface area contributed by atoms with Crippen molar-refractivity contribution in [2.45, 2.75) is 12.0 Å². The van der Waals surface area contributed by atoms with E-state index in [9.17, 15) is 4.79 Å². The van der Waals surface area contributed by atoms with E-state index in [2.05, 4.69) is 25.5 Å². The summed E-state index contributed by atoms with van der Waals surface area (Å²) in [7, 11) is 5.87. The van der Waals surface area contributed by atoms with Crippen LogP contribution in [0.4, 0.5) is 0 Å². The molecule has 4 nitrogen and oxygen atoms in total. The van der Waals surface area contributed by atoms with E-state index >= 15 is 0 Å². The van der Waals surface area contributed by atoms with Crippen LogP contribution in [0.1, 0.15) is 28.7 Å². The Morgan fingerprint density at radius 1 is 0.862 bits per heavy atom. The number of carbonyl (C=O) groups is 1. The van der Waals surface area contributed by atoms with Gasteiger partial charge in [0.05, 0.1) is 39.2 Å². The van der Waals surface area contributed by atoms with Gasteiger partial charge in [-0.25, -0.2) is 0 Å². The Morgan fingerprint density at radius 2 is 1.38 bits per heavy atom. The number of hydrogen-bond acceptors (Lipinski definition) is 2. The average molecular weight is 390 g/mol. The van der Waals surface area contributed by atoms with Gasteiger partial charge in [-0.05, 0) is 23.3 Å². The number of carbonyl (C=O) groups excluding carboxylic acids is 1. The summed E-state index contributed by atoms with van der Waals surface area (Å²) >= 11 is 0. The number of hydrogen-bond donors (Lipinski definition) is 2. The Bertz CT molecular complexity index is 871. The highest BCUT2D eigenvalue weighted by atomic mass is 16.5. The summed E-state index contributed by atoms with van der Waals surface area (Å²) in [6, 6.07) is 27.9. The van der Waals surface area contributed by atoms with Crippen molar-refractivity contribution in [2.75, 3.05) is 27.7 Å². The molecule has 0 bridgehead atoms. The number of methoxy groups -OCH3 is 1. The van der Waals surface area contributed by atoms with E-state index in [0.717, 1.165) is 22.4 Å². The minimum Gasteiger partial charge on any atom is -0.496 e. The minimum absolute atomic E-state index is 0.00329. The molecule has 2 N–H and O–H groups in total. The average Bonchev–Trinajstić information content (AvgIpc) is 2.75. The smallest absolute Gasteiger partial charge is 0.232 e. The first-order valence-corrected chi connectivity index (χ1v) is 9.92. The van der Waals surface area contributed by atoms with Gasteiger partial charge in [0, 0.05) is 0 Å². The van der Waals surface area contributed by atoms with Crippen LogP contribution in [0, 0.1) is 0 Å². The largest absolute Gasteiger partial charge is 0.496 e. The lowest BCUT2D eigenvalue weighted by molar-refractivity contribution is -0.890. The van der Waals surface area contributed by atoms with Gasteiger partial charge in [-0.3, -0.25) is 4.79 Å². The third-order valence-electron chi connectivity index (χ3n) is 5.22. The van der Waals surface area contributed by atoms with Crippen LogP contribution in [0.5, 0.6) is 5.75 Å². The number of benzene rings is 3. The predicted molar refractivity (Wildman–Crippen MR) is 116 cm³/mol. The van der Waals surface area contributed by atoms with E-state index in [0.29, 0.717) is 6.54 Å². The van der Waals surface area contributed by atoms with Crippen molar-refractivity contribution < 1.29 is 14.4 Å². The van der Waals surface area contributed by atoms with Gasteiger partial charge in [0.25, 0.3) is 0 Å². The lowest BCUT2D eigenvalue weighted by Crippen LogP contribution is -3.07. The van der Waals surface area contributed by atoms with Crippen LogP contribution in [-0.2, 0) is 4.79 Å². The van der Waals surface area contributed by atoms with Gasteiger partial charge in [0.2, 0.25) is 5.91 Å². The molecule has 0 aliphatic heterocycles. The van der Waals surface area contributed by atoms with Crippen LogP contribution in [0.3, 0.4) is 0 Å². The lowest BCUT2D eigenvalue weighted by atomic mass is 9.90. The molecule has 0 saturated carbocycles. The minimum atomic E-state index is -0.340. The van der Waals surface area contributed by atoms with Gasteiger partial charge in [-0.15, -0.1) is 0 Å². The third-order valence-corrected chi connectivity index (χ3v) is 5.22. The van der Waals surface area contributed by atoms with Crippen molar-refractivity contribution in [3.05, 3.63) is 102 Å². The second-order valence-electron chi connectivity index (χ2n) is 7.37. The number of quaternary nitrogens is 1. The maximum Gasteiger partial charge on any atom is 0.232 e. The first-order chi connectivity index (χ1) is 14.1. The van der Waals surface area contributed by atoms with Gasteiger partial charge < -0.3 is 15.0 Å². The number of ether oxygens (including phenoxy) is 1. The standard InChI is InChI=1S/C25H28N2O2/c1-27(2)22(21-16-10-11-17-23(21)29-3)18-26-25(28)24(19-12-6-4-7-13-19)20-14-8-5-9-15-20/h4-17,22,24H,18H2,1-3H3,(H,26,28)/p+1/t22-/m0/s1. The molecule has 29 heavy (non-hydrogen) atoms. The van der Waals surface area contributed by atoms with Crippen molar-refractivity contribution in [1.82, 2.24) is 5.32 Å². The van der Waals surface area contributed by atoms with E-state index in [1.165, 1.54) is 4.90 Å². The highest BCUT2D eigenvalue weighted by Crippen LogP contribution is 2.26. The maximum atomic E-state index is 13.3. The number of likely N-dealkylation sites (N-methyl/N-ethyl adjacent to an activating group) is 1. The zero-order chi connectivity index (χ0) is 20.6. The van der Waals surface area contributed by atoms with Crippen LogP contribution in [0.2, 0.25) is 0 Å². The molecule has 1 amide bonds. The molecule has 3 aromatic rings. The summed E-state index contributed by atoms with van der Waals surface area (Å²) in [5, 5.41) is 3.20. The molecule has 0 fully saturated rings. The maximum absolute atomic E-state index is 13.3. The van der Waals surface area contributed by atoms with Gasteiger partial charge in [-0.1, -0.05) is 72.8 Å². The van der Waals surface area contributed by atoms with E-state index in [1.54, 1.807) is 7.11 Å². The summed E-state index contributed by atoms with van der Waals surface area (Å²) in [4.78, 5) is 14.5. The predicted octanol–water partition coefficient (Wildman–Crippen LogP) is 2.83. The Kier molecular flexibility index (Phi) is 7.04. The van der Waals surface area contributed by atoms with Crippen LogP contribution in [-0.4, -0.2) is 33.7 Å². The molecular weight excluding hydrogens is 360 g/mol. The number of amides is 1. The molecule has 0 saturated heterocycles. The van der Waals surface area contributed by atoms with Crippen molar-refractivity contribution in [1.29, 1.82) is 0 Å². The van der Waals surface area contributed by atoms with Crippen LogP contribution in [0.15, 0.2) is 84.9 Å². The highest BCUT2D eigenvalue weighted by Gasteiger charge is 2.26. The zero-order valence-corrected chi connectivity index (χ0v) is 17.3. The van der Waals surface area contributed by atoms with Crippen molar-refractivity contribution in [3.63, 3.8) is 0 Å². The SMILES string of the molecule is COc1ccccc1[C@H](CNC(=O)C(c1ccccc1)c1ccccc1)[NH+](C)C. The Balaban J connectivity index is 1.84. The fraction of sp³-hybridized carbons (Fsp3) is 0.240. The fourth-order valence-electron chi connectivity index (χ4n) is 3.67. The summed E-state index contributed by atoms with van der Waals surface area (Å²) in [5.41, 5.74) is 3.07. The van der Waals surface area contributed by atoms with E-state index in [4.69, 9.17) is 4.74 Å². The normalized spacial score (nSPS) is 12.0. The molecule has 0 aliphatic rings. The molecule has 0 aromatic heterocycles. The molecule has 4 heteroatoms. The van der Waals surface area contributed by atoms with Crippen LogP contribution in [0.25, 0.3) is 0 Å². The molecule has 0 radical (unpaired) electrons. The van der Waals surface area contributed by atoms with Gasteiger partial charge >= 0.3 is 0 Å². The van der Waals surface area contributed by atoms with E-state index in [-0.39, 0.29) is 17.9 Å². The molecule has 0 unspecified atom stereocenters. The number of nitrogens with one attached hydrogen (secondary N) is 2. The second-order valence-corrected chi connectivity index (χ2v) is 7.37. The van der Waals surface area contributed by atoms with E-state index in [1.807, 2.05) is 78.9 Å². The Hall–Kier alpha value is -3.11. The third kappa shape index (κ3) is 5.04. The molecular formula is C25H29N2O2+. The molecule has 3 rings (SSSR count). The van der Waals surface area contributed by atoms with Crippen LogP contribution >= 0.6 is 0 Å². The molecule has 1 atom stereocenters. The van der Waals surface area contributed by atoms with Gasteiger partial charge in [-0.2, -0.15) is 0 Å². The van der Waals surface area contributed by atoms with Crippen molar-refractivity contribution in [3.8, 4) is 5.75 Å². The van der Waals surface area contributed by atoms with Gasteiger partial charge in [0.1, 0.15) is 11.8 Å². The molecule has 0 heterocycles. The van der Waals surface area contributed by atoms with Crippen LogP contribution < -0.4 is 15.0 Å². The van der Waals surface area contributed by atoms with Crippen molar-refractivity contribution in [2.24, 2.45) is 0 Å². The quantitative estimate of drug-likeness (QED) is 0.622. The first kappa shape index (κ1) is 20.6. The highest BCUT2D eigenvalue weighted by molar-refractivity contribution is 5.87.